The number of anilines is 1. The van der Waals surface area contributed by atoms with Gasteiger partial charge in [0, 0.05) is 58.1 Å². The third kappa shape index (κ3) is 6.50. The Kier molecular flexibility index (Phi) is 8.82. The molecule has 2 fully saturated rings. The average molecular weight is 432 g/mol. The molecule has 2 aliphatic heterocycles. The first-order valence-corrected chi connectivity index (χ1v) is 11.5. The molecule has 1 aromatic rings. The number of hydrogen-bond donors (Lipinski definition) is 2. The zero-order valence-electron chi connectivity index (χ0n) is 18.9. The van der Waals surface area contributed by atoms with Gasteiger partial charge in [0.2, 0.25) is 0 Å². The van der Waals surface area contributed by atoms with E-state index in [-0.39, 0.29) is 6.09 Å². The van der Waals surface area contributed by atoms with Crippen LogP contribution < -0.4 is 10.2 Å². The van der Waals surface area contributed by atoms with Crippen molar-refractivity contribution in [3.63, 3.8) is 0 Å². The summed E-state index contributed by atoms with van der Waals surface area (Å²) in [5.41, 5.74) is 2.42. The van der Waals surface area contributed by atoms with Crippen LogP contribution in [0.1, 0.15) is 32.3 Å². The van der Waals surface area contributed by atoms with Gasteiger partial charge in [0.25, 0.3) is 0 Å². The van der Waals surface area contributed by atoms with E-state index < -0.39 is 0 Å². The summed E-state index contributed by atoms with van der Waals surface area (Å²) in [4.78, 5) is 23.1. The number of aliphatic hydroxyl groups is 1. The summed E-state index contributed by atoms with van der Waals surface area (Å²) in [7, 11) is 0. The summed E-state index contributed by atoms with van der Waals surface area (Å²) in [6, 6.07) is 8.66. The molecule has 0 unspecified atom stereocenters. The standard InChI is InChI=1S/C23H37N5O3/c1-3-24-22(27-13-15-28(16-14-27)23(30)31-4-2)25-17-19-5-7-21(8-6-19)26-11-9-20(18-29)10-12-26/h5-8,20,29H,3-4,9-18H2,1-2H3,(H,24,25). The number of benzene rings is 1. The topological polar surface area (TPSA) is 80.6 Å². The van der Waals surface area contributed by atoms with E-state index in [2.05, 4.69) is 46.3 Å². The lowest BCUT2D eigenvalue weighted by Gasteiger charge is -2.35. The van der Waals surface area contributed by atoms with Crippen molar-refractivity contribution >= 4 is 17.7 Å². The van der Waals surface area contributed by atoms with Crippen molar-refractivity contribution in [1.29, 1.82) is 0 Å². The molecule has 0 atom stereocenters. The fourth-order valence-corrected chi connectivity index (χ4v) is 4.09. The van der Waals surface area contributed by atoms with Crippen LogP contribution in [0.2, 0.25) is 0 Å². The normalized spacial score (nSPS) is 18.3. The van der Waals surface area contributed by atoms with E-state index in [0.29, 0.717) is 38.8 Å². The third-order valence-corrected chi connectivity index (χ3v) is 6.03. The van der Waals surface area contributed by atoms with Crippen LogP contribution in [-0.4, -0.2) is 86.0 Å². The van der Waals surface area contributed by atoms with Crippen LogP contribution in [0.5, 0.6) is 0 Å². The quantitative estimate of drug-likeness (QED) is 0.531. The van der Waals surface area contributed by atoms with Crippen LogP contribution >= 0.6 is 0 Å². The van der Waals surface area contributed by atoms with E-state index in [0.717, 1.165) is 51.5 Å². The van der Waals surface area contributed by atoms with Crippen molar-refractivity contribution in [3.8, 4) is 0 Å². The maximum atomic E-state index is 11.9. The van der Waals surface area contributed by atoms with Gasteiger partial charge in [-0.2, -0.15) is 0 Å². The molecule has 0 spiro atoms. The van der Waals surface area contributed by atoms with Crippen molar-refractivity contribution in [2.24, 2.45) is 10.9 Å². The number of hydrogen-bond acceptors (Lipinski definition) is 5. The third-order valence-electron chi connectivity index (χ3n) is 6.03. The first kappa shape index (κ1) is 23.2. The lowest BCUT2D eigenvalue weighted by molar-refractivity contribution is 0.0914. The number of aliphatic hydroxyl groups excluding tert-OH is 1. The maximum absolute atomic E-state index is 11.9. The molecule has 2 N–H and O–H groups in total. The molecule has 0 aromatic heterocycles. The van der Waals surface area contributed by atoms with E-state index in [9.17, 15) is 9.90 Å². The van der Waals surface area contributed by atoms with Gasteiger partial charge in [-0.25, -0.2) is 9.79 Å². The van der Waals surface area contributed by atoms with Crippen molar-refractivity contribution in [3.05, 3.63) is 29.8 Å². The second kappa shape index (κ2) is 11.8. The Morgan fingerprint density at radius 3 is 2.29 bits per heavy atom. The molecule has 0 radical (unpaired) electrons. The highest BCUT2D eigenvalue weighted by molar-refractivity contribution is 5.80. The summed E-state index contributed by atoms with van der Waals surface area (Å²) in [5.74, 6) is 1.34. The molecule has 0 saturated carbocycles. The smallest absolute Gasteiger partial charge is 0.409 e. The van der Waals surface area contributed by atoms with Crippen molar-refractivity contribution < 1.29 is 14.6 Å². The molecule has 31 heavy (non-hydrogen) atoms. The number of nitrogens with zero attached hydrogens (tertiary/aromatic N) is 4. The molecule has 172 valence electrons. The van der Waals surface area contributed by atoms with E-state index in [1.54, 1.807) is 4.90 Å². The SMILES string of the molecule is CCNC(=NCc1ccc(N2CCC(CO)CC2)cc1)N1CCN(C(=O)OCC)CC1. The number of ether oxygens (including phenoxy) is 1. The summed E-state index contributed by atoms with van der Waals surface area (Å²) in [6.45, 7) is 10.8. The highest BCUT2D eigenvalue weighted by Crippen LogP contribution is 2.23. The number of rotatable bonds is 6. The number of piperazine rings is 1. The summed E-state index contributed by atoms with van der Waals surface area (Å²) in [6.07, 6.45) is 1.88. The number of guanidine groups is 1. The number of amides is 1. The summed E-state index contributed by atoms with van der Waals surface area (Å²) >= 11 is 0. The van der Waals surface area contributed by atoms with Crippen LogP contribution in [0, 0.1) is 5.92 Å². The molecule has 8 nitrogen and oxygen atoms in total. The van der Waals surface area contributed by atoms with Gasteiger partial charge >= 0.3 is 6.09 Å². The van der Waals surface area contributed by atoms with Gasteiger partial charge in [-0.3, -0.25) is 0 Å². The molecule has 2 saturated heterocycles. The number of carbonyl (C=O) groups is 1. The Bertz CT molecular complexity index is 708. The largest absolute Gasteiger partial charge is 0.450 e. The Balaban J connectivity index is 1.54. The minimum absolute atomic E-state index is 0.232. The predicted octanol–water partition coefficient (Wildman–Crippen LogP) is 2.13. The second-order valence-electron chi connectivity index (χ2n) is 8.12. The Morgan fingerprint density at radius 2 is 1.71 bits per heavy atom. The minimum Gasteiger partial charge on any atom is -0.450 e. The average Bonchev–Trinajstić information content (AvgIpc) is 2.82. The fourth-order valence-electron chi connectivity index (χ4n) is 4.09. The van der Waals surface area contributed by atoms with Gasteiger partial charge in [0.05, 0.1) is 13.2 Å². The number of aliphatic imine (C=N–C) groups is 1. The van der Waals surface area contributed by atoms with Gasteiger partial charge in [0.1, 0.15) is 0 Å². The van der Waals surface area contributed by atoms with Gasteiger partial charge in [-0.05, 0) is 50.3 Å². The number of nitrogens with one attached hydrogen (secondary N) is 1. The molecule has 1 aromatic carbocycles. The molecular weight excluding hydrogens is 394 g/mol. The molecule has 8 heteroatoms. The molecule has 0 bridgehead atoms. The summed E-state index contributed by atoms with van der Waals surface area (Å²) in [5, 5.41) is 12.7. The monoisotopic (exact) mass is 431 g/mol. The molecular formula is C23H37N5O3. The Labute approximate surface area is 185 Å². The van der Waals surface area contributed by atoms with Gasteiger partial charge in [-0.1, -0.05) is 12.1 Å². The lowest BCUT2D eigenvalue weighted by atomic mass is 9.97. The van der Waals surface area contributed by atoms with Crippen LogP contribution in [-0.2, 0) is 11.3 Å². The highest BCUT2D eigenvalue weighted by atomic mass is 16.6. The number of piperidine rings is 1. The van der Waals surface area contributed by atoms with Crippen molar-refractivity contribution in [2.45, 2.75) is 33.2 Å². The molecule has 2 heterocycles. The Hall–Kier alpha value is -2.48. The first-order chi connectivity index (χ1) is 15.1. The van der Waals surface area contributed by atoms with Crippen LogP contribution in [0.4, 0.5) is 10.5 Å². The zero-order chi connectivity index (χ0) is 22.1. The van der Waals surface area contributed by atoms with Crippen LogP contribution in [0.25, 0.3) is 0 Å². The van der Waals surface area contributed by atoms with Crippen LogP contribution in [0.3, 0.4) is 0 Å². The maximum Gasteiger partial charge on any atom is 0.409 e. The zero-order valence-corrected chi connectivity index (χ0v) is 18.9. The van der Waals surface area contributed by atoms with E-state index in [1.807, 2.05) is 6.92 Å². The van der Waals surface area contributed by atoms with Gasteiger partial charge in [-0.15, -0.1) is 0 Å². The highest BCUT2D eigenvalue weighted by Gasteiger charge is 2.23. The second-order valence-corrected chi connectivity index (χ2v) is 8.12. The lowest BCUT2D eigenvalue weighted by Crippen LogP contribution is -2.53. The van der Waals surface area contributed by atoms with Crippen molar-refractivity contribution in [2.75, 3.05) is 63.9 Å². The molecule has 2 aliphatic rings. The Morgan fingerprint density at radius 1 is 1.06 bits per heavy atom. The molecule has 1 amide bonds. The minimum atomic E-state index is -0.232. The van der Waals surface area contributed by atoms with Crippen LogP contribution in [0.15, 0.2) is 29.3 Å². The van der Waals surface area contributed by atoms with Gasteiger partial charge in [0.15, 0.2) is 5.96 Å². The fraction of sp³-hybridized carbons (Fsp3) is 0.652. The van der Waals surface area contributed by atoms with E-state index in [4.69, 9.17) is 9.73 Å². The van der Waals surface area contributed by atoms with E-state index in [1.165, 1.54) is 11.3 Å². The predicted molar refractivity (Wildman–Crippen MR) is 123 cm³/mol. The van der Waals surface area contributed by atoms with Gasteiger partial charge < -0.3 is 29.9 Å². The van der Waals surface area contributed by atoms with E-state index >= 15 is 0 Å². The summed E-state index contributed by atoms with van der Waals surface area (Å²) < 4.78 is 5.10. The first-order valence-electron chi connectivity index (χ1n) is 11.5. The van der Waals surface area contributed by atoms with Crippen molar-refractivity contribution in [1.82, 2.24) is 15.1 Å². The molecule has 0 aliphatic carbocycles. The number of carbonyl (C=O) groups excluding carboxylic acids is 1. The molecule has 3 rings (SSSR count).